The summed E-state index contributed by atoms with van der Waals surface area (Å²) in [5.74, 6) is 0.756. The number of carbonyl (C=O) groups excluding carboxylic acids is 1. The van der Waals surface area contributed by atoms with Crippen molar-refractivity contribution in [2.24, 2.45) is 0 Å². The molecule has 1 aromatic carbocycles. The highest BCUT2D eigenvalue weighted by atomic mass is 32.1. The first-order valence-electron chi connectivity index (χ1n) is 7.49. The fourth-order valence-electron chi connectivity index (χ4n) is 2.41. The quantitative estimate of drug-likeness (QED) is 0.736. The summed E-state index contributed by atoms with van der Waals surface area (Å²) in [6.07, 6.45) is 0.908. The van der Waals surface area contributed by atoms with Crippen molar-refractivity contribution in [3.05, 3.63) is 46.8 Å². The molecule has 0 saturated carbocycles. The van der Waals surface area contributed by atoms with Gasteiger partial charge >= 0.3 is 0 Å². The molecule has 3 nitrogen and oxygen atoms in total. The zero-order valence-electron chi connectivity index (χ0n) is 13.0. The van der Waals surface area contributed by atoms with Crippen LogP contribution in [0, 0.1) is 6.92 Å². The number of hydrogen-bond acceptors (Lipinski definition) is 3. The van der Waals surface area contributed by atoms with E-state index in [-0.39, 0.29) is 11.9 Å². The number of thiophene rings is 1. The smallest absolute Gasteiger partial charge is 0.256 e. The molecular weight excluding hydrogens is 294 g/mol. The van der Waals surface area contributed by atoms with Gasteiger partial charge in [0.05, 0.1) is 10.3 Å². The maximum atomic E-state index is 12.5. The molecule has 0 radical (unpaired) electrons. The van der Waals surface area contributed by atoms with Crippen LogP contribution in [0.5, 0.6) is 0 Å². The maximum Gasteiger partial charge on any atom is 0.256 e. The van der Waals surface area contributed by atoms with E-state index in [0.717, 1.165) is 27.3 Å². The zero-order valence-corrected chi connectivity index (χ0v) is 13.8. The predicted molar refractivity (Wildman–Crippen MR) is 91.5 cm³/mol. The highest BCUT2D eigenvalue weighted by Crippen LogP contribution is 2.36. The summed E-state index contributed by atoms with van der Waals surface area (Å²) in [5.41, 5.74) is 2.39. The van der Waals surface area contributed by atoms with Crippen molar-refractivity contribution in [3.8, 4) is 11.3 Å². The lowest BCUT2D eigenvalue weighted by molar-refractivity contribution is 0.0940. The van der Waals surface area contributed by atoms with Gasteiger partial charge in [0.15, 0.2) is 5.58 Å². The minimum atomic E-state index is -0.0490. The number of rotatable bonds is 4. The van der Waals surface area contributed by atoms with Gasteiger partial charge in [-0.3, -0.25) is 4.79 Å². The molecule has 22 heavy (non-hydrogen) atoms. The molecule has 0 fully saturated rings. The molecule has 0 spiro atoms. The first kappa shape index (κ1) is 14.9. The van der Waals surface area contributed by atoms with Crippen molar-refractivity contribution in [1.82, 2.24) is 5.32 Å². The van der Waals surface area contributed by atoms with Crippen LogP contribution >= 0.6 is 11.3 Å². The number of amides is 1. The molecule has 0 saturated heterocycles. The Kier molecular flexibility index (Phi) is 4.03. The number of benzene rings is 1. The molecule has 0 aliphatic carbocycles. The van der Waals surface area contributed by atoms with Gasteiger partial charge in [-0.2, -0.15) is 0 Å². The second kappa shape index (κ2) is 5.97. The van der Waals surface area contributed by atoms with E-state index in [1.54, 1.807) is 11.3 Å². The number of carbonyl (C=O) groups is 1. The molecule has 3 aromatic rings. The molecule has 0 bridgehead atoms. The lowest BCUT2D eigenvalue weighted by Gasteiger charge is -2.10. The fourth-order valence-corrected chi connectivity index (χ4v) is 3.43. The highest BCUT2D eigenvalue weighted by molar-refractivity contribution is 7.19. The Balaban J connectivity index is 2.02. The predicted octanol–water partition coefficient (Wildman–Crippen LogP) is 5.00. The van der Waals surface area contributed by atoms with E-state index < -0.39 is 0 Å². The topological polar surface area (TPSA) is 42.2 Å². The number of aryl methyl sites for hydroxylation is 1. The molecule has 3 rings (SSSR count). The molecule has 1 amide bonds. The van der Waals surface area contributed by atoms with Gasteiger partial charge in [0.1, 0.15) is 5.76 Å². The minimum Gasteiger partial charge on any atom is -0.454 e. The minimum absolute atomic E-state index is 0.0490. The first-order valence-corrected chi connectivity index (χ1v) is 8.31. The molecule has 2 heterocycles. The molecule has 1 atom stereocenters. The van der Waals surface area contributed by atoms with E-state index in [4.69, 9.17) is 4.42 Å². The summed E-state index contributed by atoms with van der Waals surface area (Å²) >= 11 is 1.60. The van der Waals surface area contributed by atoms with Crippen molar-refractivity contribution < 1.29 is 9.21 Å². The van der Waals surface area contributed by atoms with Gasteiger partial charge in [0, 0.05) is 22.5 Å². The lowest BCUT2D eigenvalue weighted by Crippen LogP contribution is -2.32. The summed E-state index contributed by atoms with van der Waals surface area (Å²) < 4.78 is 7.01. The Bertz CT molecular complexity index is 801. The van der Waals surface area contributed by atoms with E-state index in [1.165, 1.54) is 0 Å². The van der Waals surface area contributed by atoms with Crippen molar-refractivity contribution in [2.75, 3.05) is 0 Å². The van der Waals surface area contributed by atoms with Crippen LogP contribution in [0.1, 0.15) is 35.5 Å². The summed E-state index contributed by atoms with van der Waals surface area (Å²) in [4.78, 5) is 13.5. The SMILES string of the molecule is CCC(C)NC(=O)c1c(C)sc2cc(-c3ccccc3)oc12. The fraction of sp³-hybridized carbons (Fsp3) is 0.278. The van der Waals surface area contributed by atoms with Gasteiger partial charge in [0.25, 0.3) is 5.91 Å². The van der Waals surface area contributed by atoms with Crippen LogP contribution in [0.3, 0.4) is 0 Å². The highest BCUT2D eigenvalue weighted by Gasteiger charge is 2.21. The average molecular weight is 313 g/mol. The van der Waals surface area contributed by atoms with Gasteiger partial charge in [-0.1, -0.05) is 37.3 Å². The monoisotopic (exact) mass is 313 g/mol. The first-order chi connectivity index (χ1) is 10.6. The number of furan rings is 1. The number of hydrogen-bond donors (Lipinski definition) is 1. The lowest BCUT2D eigenvalue weighted by atomic mass is 10.2. The number of fused-ring (bicyclic) bond motifs is 1. The molecule has 114 valence electrons. The summed E-state index contributed by atoms with van der Waals surface area (Å²) in [7, 11) is 0. The van der Waals surface area contributed by atoms with Crippen molar-refractivity contribution in [1.29, 1.82) is 0 Å². The van der Waals surface area contributed by atoms with Crippen LogP contribution < -0.4 is 5.32 Å². The largest absolute Gasteiger partial charge is 0.454 e. The van der Waals surface area contributed by atoms with E-state index in [2.05, 4.69) is 12.2 Å². The Morgan fingerprint density at radius 2 is 2.05 bits per heavy atom. The molecule has 4 heteroatoms. The Morgan fingerprint density at radius 1 is 1.32 bits per heavy atom. The normalized spacial score (nSPS) is 12.5. The molecule has 0 aliphatic rings. The van der Waals surface area contributed by atoms with Crippen LogP contribution in [0.25, 0.3) is 21.6 Å². The average Bonchev–Trinajstić information content (AvgIpc) is 3.04. The Hall–Kier alpha value is -2.07. The van der Waals surface area contributed by atoms with Crippen LogP contribution in [0.15, 0.2) is 40.8 Å². The van der Waals surface area contributed by atoms with Gasteiger partial charge in [-0.25, -0.2) is 0 Å². The number of nitrogens with one attached hydrogen (secondary N) is 1. The van der Waals surface area contributed by atoms with E-state index >= 15 is 0 Å². The van der Waals surface area contributed by atoms with Crippen LogP contribution in [-0.2, 0) is 0 Å². The summed E-state index contributed by atoms with van der Waals surface area (Å²) in [5, 5.41) is 3.02. The van der Waals surface area contributed by atoms with Gasteiger partial charge in [-0.05, 0) is 20.3 Å². The molecule has 2 aromatic heterocycles. The van der Waals surface area contributed by atoms with Gasteiger partial charge < -0.3 is 9.73 Å². The third-order valence-corrected chi connectivity index (χ3v) is 4.85. The van der Waals surface area contributed by atoms with Crippen molar-refractivity contribution in [2.45, 2.75) is 33.2 Å². The van der Waals surface area contributed by atoms with Gasteiger partial charge in [0.2, 0.25) is 0 Å². The van der Waals surface area contributed by atoms with Crippen LogP contribution in [0.2, 0.25) is 0 Å². The van der Waals surface area contributed by atoms with Gasteiger partial charge in [-0.15, -0.1) is 11.3 Å². The van der Waals surface area contributed by atoms with Crippen LogP contribution in [-0.4, -0.2) is 11.9 Å². The van der Waals surface area contributed by atoms with E-state index in [1.807, 2.05) is 50.2 Å². The third kappa shape index (κ3) is 2.66. The maximum absolute atomic E-state index is 12.5. The zero-order chi connectivity index (χ0) is 15.7. The van der Waals surface area contributed by atoms with E-state index in [9.17, 15) is 4.79 Å². The molecule has 1 unspecified atom stereocenters. The Labute approximate surface area is 134 Å². The van der Waals surface area contributed by atoms with E-state index in [0.29, 0.717) is 11.1 Å². The third-order valence-electron chi connectivity index (χ3n) is 3.82. The molecule has 0 aliphatic heterocycles. The molecular formula is C18H19NO2S. The second-order valence-electron chi connectivity index (χ2n) is 5.49. The van der Waals surface area contributed by atoms with Crippen molar-refractivity contribution >= 4 is 27.5 Å². The Morgan fingerprint density at radius 3 is 2.73 bits per heavy atom. The standard InChI is InChI=1S/C18H19NO2S/c1-4-11(2)19-18(20)16-12(3)22-15-10-14(21-17(15)16)13-8-6-5-7-9-13/h5-11H,4H2,1-3H3,(H,19,20). The summed E-state index contributed by atoms with van der Waals surface area (Å²) in [6.45, 7) is 6.03. The molecule has 1 N–H and O–H groups in total. The summed E-state index contributed by atoms with van der Waals surface area (Å²) in [6, 6.07) is 12.1. The van der Waals surface area contributed by atoms with Crippen molar-refractivity contribution in [3.63, 3.8) is 0 Å². The van der Waals surface area contributed by atoms with Crippen LogP contribution in [0.4, 0.5) is 0 Å². The second-order valence-corrected chi connectivity index (χ2v) is 6.74.